The van der Waals surface area contributed by atoms with Crippen LogP contribution in [0.4, 0.5) is 8.78 Å². The van der Waals surface area contributed by atoms with E-state index < -0.39 is 33.9 Å². The predicted molar refractivity (Wildman–Crippen MR) is 112 cm³/mol. The summed E-state index contributed by atoms with van der Waals surface area (Å²) in [5, 5.41) is 0. The molecule has 1 unspecified atom stereocenters. The van der Waals surface area contributed by atoms with Gasteiger partial charge < -0.3 is 14.5 Å². The van der Waals surface area contributed by atoms with E-state index in [0.717, 1.165) is 17.4 Å². The highest BCUT2D eigenvalue weighted by molar-refractivity contribution is 7.90. The van der Waals surface area contributed by atoms with Gasteiger partial charge in [0.25, 0.3) is 0 Å². The minimum atomic E-state index is -3.55. The maximum Gasteiger partial charge on any atom is 0.387 e. The number of aromatic amines is 1. The standard InChI is InChI=1S/C20H23F2N3O5S/c1-5-29-16-8-13(6-7-15(16)30-19(21)22)14(10-31(4,27)28)25-18-17(24-20(25)26)12(3)11(2)9-23-18/h6-9,14,19H,5,10H2,1-4H3,(H,24,26). The van der Waals surface area contributed by atoms with Crippen molar-refractivity contribution in [3.05, 3.63) is 51.6 Å². The number of aryl methyl sites for hydroxylation is 2. The minimum absolute atomic E-state index is 0.0201. The summed E-state index contributed by atoms with van der Waals surface area (Å²) >= 11 is 0. The zero-order valence-electron chi connectivity index (χ0n) is 17.5. The van der Waals surface area contributed by atoms with Gasteiger partial charge in [0, 0.05) is 12.5 Å². The first-order valence-electron chi connectivity index (χ1n) is 9.47. The second kappa shape index (κ2) is 8.66. The lowest BCUT2D eigenvalue weighted by Crippen LogP contribution is -2.28. The molecular formula is C20H23F2N3O5S. The lowest BCUT2D eigenvalue weighted by molar-refractivity contribution is -0.0514. The second-order valence-electron chi connectivity index (χ2n) is 7.19. The Hall–Kier alpha value is -2.95. The van der Waals surface area contributed by atoms with Crippen LogP contribution < -0.4 is 15.2 Å². The summed E-state index contributed by atoms with van der Waals surface area (Å²) in [5.74, 6) is -0.573. The van der Waals surface area contributed by atoms with E-state index in [9.17, 15) is 22.0 Å². The van der Waals surface area contributed by atoms with E-state index in [-0.39, 0.29) is 18.1 Å². The zero-order valence-corrected chi connectivity index (χ0v) is 18.3. The highest BCUT2D eigenvalue weighted by Crippen LogP contribution is 2.34. The van der Waals surface area contributed by atoms with E-state index in [0.29, 0.717) is 16.7 Å². The molecule has 0 saturated carbocycles. The third-order valence-corrected chi connectivity index (χ3v) is 5.81. The smallest absolute Gasteiger partial charge is 0.387 e. The summed E-state index contributed by atoms with van der Waals surface area (Å²) in [6, 6.07) is 3.14. The topological polar surface area (TPSA) is 103 Å². The second-order valence-corrected chi connectivity index (χ2v) is 9.38. The quantitative estimate of drug-likeness (QED) is 0.560. The Bertz CT molecular complexity index is 1270. The largest absolute Gasteiger partial charge is 0.490 e. The van der Waals surface area contributed by atoms with Gasteiger partial charge in [-0.05, 0) is 49.6 Å². The molecule has 168 valence electrons. The number of nitrogens with one attached hydrogen (secondary N) is 1. The van der Waals surface area contributed by atoms with Gasteiger partial charge in [-0.1, -0.05) is 6.07 Å². The number of alkyl halides is 2. The van der Waals surface area contributed by atoms with E-state index in [1.165, 1.54) is 22.8 Å². The van der Waals surface area contributed by atoms with Crippen LogP contribution in [0.25, 0.3) is 11.2 Å². The lowest BCUT2D eigenvalue weighted by atomic mass is 10.1. The van der Waals surface area contributed by atoms with Crippen molar-refractivity contribution < 1.29 is 26.7 Å². The number of benzene rings is 1. The molecule has 0 radical (unpaired) electrons. The van der Waals surface area contributed by atoms with Crippen molar-refractivity contribution in [3.63, 3.8) is 0 Å². The van der Waals surface area contributed by atoms with Gasteiger partial charge in [0.1, 0.15) is 9.84 Å². The van der Waals surface area contributed by atoms with Gasteiger partial charge in [0.05, 0.1) is 23.9 Å². The van der Waals surface area contributed by atoms with Gasteiger partial charge in [-0.25, -0.2) is 18.2 Å². The monoisotopic (exact) mass is 455 g/mol. The Kier molecular flexibility index (Phi) is 6.35. The van der Waals surface area contributed by atoms with Crippen LogP contribution in [0.2, 0.25) is 0 Å². The summed E-state index contributed by atoms with van der Waals surface area (Å²) in [6.07, 6.45) is 2.66. The molecule has 0 bridgehead atoms. The molecule has 0 aliphatic carbocycles. The Labute approximate surface area is 177 Å². The Morgan fingerprint density at radius 1 is 1.23 bits per heavy atom. The molecule has 8 nitrogen and oxygen atoms in total. The van der Waals surface area contributed by atoms with Crippen molar-refractivity contribution in [2.75, 3.05) is 18.6 Å². The van der Waals surface area contributed by atoms with E-state index in [4.69, 9.17) is 4.74 Å². The van der Waals surface area contributed by atoms with Crippen LogP contribution in [0.5, 0.6) is 11.5 Å². The molecule has 31 heavy (non-hydrogen) atoms. The molecule has 0 saturated heterocycles. The molecular weight excluding hydrogens is 432 g/mol. The molecule has 0 aliphatic rings. The molecule has 11 heteroatoms. The number of pyridine rings is 1. The summed E-state index contributed by atoms with van der Waals surface area (Å²) in [5.41, 5.74) is 2.33. The number of H-pyrrole nitrogens is 1. The van der Waals surface area contributed by atoms with Crippen LogP contribution in [0.1, 0.15) is 29.7 Å². The number of rotatable bonds is 8. The number of hydrogen-bond donors (Lipinski definition) is 1. The number of hydrogen-bond acceptors (Lipinski definition) is 6. The van der Waals surface area contributed by atoms with Gasteiger partial charge in [-0.3, -0.25) is 4.57 Å². The number of ether oxygens (including phenoxy) is 2. The van der Waals surface area contributed by atoms with Crippen molar-refractivity contribution in [1.29, 1.82) is 0 Å². The Morgan fingerprint density at radius 2 is 1.94 bits per heavy atom. The van der Waals surface area contributed by atoms with Crippen molar-refractivity contribution in [1.82, 2.24) is 14.5 Å². The van der Waals surface area contributed by atoms with E-state index in [1.807, 2.05) is 13.8 Å². The summed E-state index contributed by atoms with van der Waals surface area (Å²) in [4.78, 5) is 19.9. The lowest BCUT2D eigenvalue weighted by Gasteiger charge is -2.20. The molecule has 1 atom stereocenters. The number of sulfone groups is 1. The van der Waals surface area contributed by atoms with Crippen LogP contribution in [0, 0.1) is 13.8 Å². The first-order valence-corrected chi connectivity index (χ1v) is 11.5. The fraction of sp³-hybridized carbons (Fsp3) is 0.400. The number of halogens is 2. The van der Waals surface area contributed by atoms with Gasteiger partial charge in [-0.2, -0.15) is 8.78 Å². The number of aromatic nitrogens is 3. The normalized spacial score (nSPS) is 13.0. The SMILES string of the molecule is CCOc1cc(C(CS(C)(=O)=O)n2c(=O)[nH]c3c(C)c(C)cnc32)ccc1OC(F)F. The Balaban J connectivity index is 2.23. The van der Waals surface area contributed by atoms with Crippen LogP contribution in [-0.2, 0) is 9.84 Å². The molecule has 0 fully saturated rings. The maximum atomic E-state index is 12.8. The van der Waals surface area contributed by atoms with Gasteiger partial charge in [0.2, 0.25) is 0 Å². The van der Waals surface area contributed by atoms with Gasteiger partial charge >= 0.3 is 12.3 Å². The van der Waals surface area contributed by atoms with Gasteiger partial charge in [-0.15, -0.1) is 0 Å². The summed E-state index contributed by atoms with van der Waals surface area (Å²) in [7, 11) is -3.55. The number of fused-ring (bicyclic) bond motifs is 1. The third-order valence-electron chi connectivity index (χ3n) is 4.89. The molecule has 3 rings (SSSR count). The molecule has 3 aromatic rings. The van der Waals surface area contributed by atoms with Crippen LogP contribution in [0.15, 0.2) is 29.2 Å². The molecule has 2 heterocycles. The number of imidazole rings is 1. The highest BCUT2D eigenvalue weighted by atomic mass is 32.2. The van der Waals surface area contributed by atoms with E-state index in [2.05, 4.69) is 14.7 Å². The van der Waals surface area contributed by atoms with Crippen molar-refractivity contribution in [3.8, 4) is 11.5 Å². The highest BCUT2D eigenvalue weighted by Gasteiger charge is 2.26. The van der Waals surface area contributed by atoms with Crippen LogP contribution in [-0.4, -0.2) is 48.2 Å². The molecule has 2 aromatic heterocycles. The molecule has 1 N–H and O–H groups in total. The molecule has 1 aromatic carbocycles. The maximum absolute atomic E-state index is 12.8. The molecule has 0 amide bonds. The van der Waals surface area contributed by atoms with Crippen LogP contribution >= 0.6 is 0 Å². The van der Waals surface area contributed by atoms with E-state index >= 15 is 0 Å². The average Bonchev–Trinajstić information content (AvgIpc) is 3.00. The predicted octanol–water partition coefficient (Wildman–Crippen LogP) is 2.98. The zero-order chi connectivity index (χ0) is 22.9. The minimum Gasteiger partial charge on any atom is -0.490 e. The van der Waals surface area contributed by atoms with E-state index in [1.54, 1.807) is 13.1 Å². The molecule has 0 aliphatic heterocycles. The van der Waals surface area contributed by atoms with Crippen molar-refractivity contribution >= 4 is 21.0 Å². The van der Waals surface area contributed by atoms with Crippen LogP contribution in [0.3, 0.4) is 0 Å². The summed E-state index contributed by atoms with van der Waals surface area (Å²) < 4.78 is 61.0. The first-order chi connectivity index (χ1) is 14.5. The fourth-order valence-corrected chi connectivity index (χ4v) is 4.28. The van der Waals surface area contributed by atoms with Gasteiger partial charge in [0.15, 0.2) is 17.1 Å². The number of nitrogens with zero attached hydrogens (tertiary/aromatic N) is 2. The Morgan fingerprint density at radius 3 is 2.55 bits per heavy atom. The third kappa shape index (κ3) is 4.87. The average molecular weight is 455 g/mol. The fourth-order valence-electron chi connectivity index (χ4n) is 3.37. The summed E-state index contributed by atoms with van der Waals surface area (Å²) in [6.45, 7) is 2.47. The van der Waals surface area contributed by atoms with Crippen molar-refractivity contribution in [2.45, 2.75) is 33.4 Å². The van der Waals surface area contributed by atoms with Crippen molar-refractivity contribution in [2.24, 2.45) is 0 Å². The first kappa shape index (κ1) is 22.7. The molecule has 0 spiro atoms.